The van der Waals surface area contributed by atoms with E-state index in [1.165, 1.54) is 51.1 Å². The lowest BCUT2D eigenvalue weighted by Crippen LogP contribution is -2.60. The fourth-order valence-corrected chi connectivity index (χ4v) is 7.73. The smallest absolute Gasteiger partial charge is 0.419 e. The Morgan fingerprint density at radius 2 is 1.61 bits per heavy atom. The van der Waals surface area contributed by atoms with Crippen molar-refractivity contribution < 1.29 is 43.3 Å². The molecule has 0 saturated carbocycles. The number of hydrogen-bond acceptors (Lipinski definition) is 11. The quantitative estimate of drug-likeness (QED) is 0.148. The molecule has 1 atom stereocenters. The Morgan fingerprint density at radius 1 is 0.887 bits per heavy atom. The first kappa shape index (κ1) is 43.2. The predicted molar refractivity (Wildman–Crippen MR) is 227 cm³/mol. The van der Waals surface area contributed by atoms with Gasteiger partial charge in [0.25, 0.3) is 0 Å². The molecule has 2 saturated heterocycles. The molecule has 4 heterocycles. The van der Waals surface area contributed by atoms with E-state index in [9.17, 15) is 33.9 Å². The van der Waals surface area contributed by atoms with Crippen LogP contribution in [0.25, 0.3) is 16.6 Å². The van der Waals surface area contributed by atoms with Gasteiger partial charge in [-0.1, -0.05) is 23.7 Å². The Labute approximate surface area is 360 Å². The van der Waals surface area contributed by atoms with E-state index in [0.29, 0.717) is 53.0 Å². The zero-order valence-electron chi connectivity index (χ0n) is 34.4. The van der Waals surface area contributed by atoms with Crippen LogP contribution in [0.2, 0.25) is 5.02 Å². The predicted octanol–water partition coefficient (Wildman–Crippen LogP) is 5.07. The van der Waals surface area contributed by atoms with E-state index in [-0.39, 0.29) is 48.1 Å². The summed E-state index contributed by atoms with van der Waals surface area (Å²) in [5.74, 6) is -3.47. The monoisotopic (exact) mass is 868 g/mol. The lowest BCUT2D eigenvalue weighted by Gasteiger charge is -2.38. The van der Waals surface area contributed by atoms with Crippen LogP contribution in [0.15, 0.2) is 73.1 Å². The van der Waals surface area contributed by atoms with Crippen LogP contribution >= 0.6 is 11.6 Å². The van der Waals surface area contributed by atoms with Crippen molar-refractivity contribution in [2.45, 2.75) is 51.7 Å². The number of nitrogens with zero attached hydrogens (tertiary/aromatic N) is 8. The van der Waals surface area contributed by atoms with Gasteiger partial charge in [0.15, 0.2) is 0 Å². The van der Waals surface area contributed by atoms with Crippen LogP contribution in [0, 0.1) is 5.92 Å². The topological polar surface area (TPSA) is 223 Å². The summed E-state index contributed by atoms with van der Waals surface area (Å²) < 4.78 is 13.0. The largest absolute Gasteiger partial charge is 0.477 e. The first-order valence-corrected chi connectivity index (χ1v) is 20.2. The maximum absolute atomic E-state index is 14.4. The van der Waals surface area contributed by atoms with Crippen LogP contribution < -0.4 is 15.5 Å². The van der Waals surface area contributed by atoms with Crippen LogP contribution in [0.4, 0.5) is 26.7 Å². The highest BCUT2D eigenvalue weighted by Gasteiger charge is 2.41. The number of carboxylic acid groups (broad SMARTS) is 1. The van der Waals surface area contributed by atoms with Crippen LogP contribution in [0.3, 0.4) is 0 Å². The number of piperazine rings is 1. The van der Waals surface area contributed by atoms with Crippen molar-refractivity contribution in [1.82, 2.24) is 34.6 Å². The molecule has 3 aromatic carbocycles. The Hall–Kier alpha value is -6.86. The first-order chi connectivity index (χ1) is 29.6. The van der Waals surface area contributed by atoms with Crippen LogP contribution in [-0.2, 0) is 30.3 Å². The average molecular weight is 869 g/mol. The number of piperidine rings is 1. The van der Waals surface area contributed by atoms with Crippen LogP contribution in [0.1, 0.15) is 49.7 Å². The molecular weight excluding hydrogens is 824 g/mol. The number of amides is 5. The number of anilines is 3. The van der Waals surface area contributed by atoms with Crippen molar-refractivity contribution in [3.63, 3.8) is 0 Å². The first-order valence-electron chi connectivity index (χ1n) is 19.8. The normalized spacial score (nSPS) is 15.5. The van der Waals surface area contributed by atoms with E-state index in [0.717, 1.165) is 17.4 Å². The minimum atomic E-state index is -1.36. The summed E-state index contributed by atoms with van der Waals surface area (Å²) in [6.45, 7) is 6.77. The molecule has 2 aliphatic heterocycles. The third-order valence-corrected chi connectivity index (χ3v) is 10.8. The van der Waals surface area contributed by atoms with Crippen LogP contribution in [0.5, 0.6) is 0 Å². The molecule has 2 aromatic heterocycles. The SMILES string of the molecule is COCC1CCN(C(=O)Nc2ccc(CC(C(=O)Nc3ccc4c(c3)cc(C(=O)O)n4C(=O)OC(C)(C)C)N3CCN(c4cc(Cl)ccc4-n4cnnn4)C(=O)C3=O)cc2)CC1. The van der Waals surface area contributed by atoms with Gasteiger partial charge in [0.05, 0.1) is 16.9 Å². The van der Waals surface area contributed by atoms with E-state index in [1.807, 2.05) is 0 Å². The summed E-state index contributed by atoms with van der Waals surface area (Å²) in [5.41, 5.74) is 1.06. The summed E-state index contributed by atoms with van der Waals surface area (Å²) in [4.78, 5) is 85.1. The molecule has 62 heavy (non-hydrogen) atoms. The number of benzene rings is 3. The molecule has 2 fully saturated rings. The number of carbonyl (C=O) groups is 6. The van der Waals surface area contributed by atoms with Gasteiger partial charge in [-0.3, -0.25) is 14.4 Å². The van der Waals surface area contributed by atoms with Gasteiger partial charge in [-0.2, -0.15) is 4.68 Å². The molecule has 0 aliphatic carbocycles. The molecule has 3 N–H and O–H groups in total. The lowest BCUT2D eigenvalue weighted by molar-refractivity contribution is -0.149. The number of tetrazole rings is 1. The number of aromatic carboxylic acids is 1. The maximum atomic E-state index is 14.4. The number of rotatable bonds is 11. The van der Waals surface area contributed by atoms with Crippen molar-refractivity contribution in [3.8, 4) is 5.69 Å². The summed E-state index contributed by atoms with van der Waals surface area (Å²) in [7, 11) is 1.67. The molecule has 324 valence electrons. The number of methoxy groups -OCH3 is 1. The Morgan fingerprint density at radius 3 is 2.27 bits per heavy atom. The second-order valence-electron chi connectivity index (χ2n) is 16.0. The molecule has 20 heteroatoms. The molecule has 19 nitrogen and oxygen atoms in total. The minimum Gasteiger partial charge on any atom is -0.477 e. The maximum Gasteiger partial charge on any atom is 0.419 e. The third-order valence-electron chi connectivity index (χ3n) is 10.6. The van der Waals surface area contributed by atoms with E-state index in [1.54, 1.807) is 69.2 Å². The van der Waals surface area contributed by atoms with Crippen molar-refractivity contribution in [2.24, 2.45) is 5.92 Å². The van der Waals surface area contributed by atoms with Gasteiger partial charge in [-0.25, -0.2) is 19.0 Å². The second-order valence-corrected chi connectivity index (χ2v) is 16.4. The molecular formula is C42H45ClN10O9. The van der Waals surface area contributed by atoms with Gasteiger partial charge in [-0.05, 0) is 110 Å². The van der Waals surface area contributed by atoms with Crippen molar-refractivity contribution in [3.05, 3.63) is 89.3 Å². The molecule has 0 radical (unpaired) electrons. The van der Waals surface area contributed by atoms with Gasteiger partial charge in [0, 0.05) is 68.1 Å². The Bertz CT molecular complexity index is 2510. The zero-order valence-corrected chi connectivity index (χ0v) is 35.2. The summed E-state index contributed by atoms with van der Waals surface area (Å²) in [5, 5.41) is 27.6. The summed E-state index contributed by atoms with van der Waals surface area (Å²) in [6.07, 6.45) is 2.11. The number of hydrogen-bond donors (Lipinski definition) is 3. The van der Waals surface area contributed by atoms with Crippen LogP contribution in [-0.4, -0.2) is 127 Å². The van der Waals surface area contributed by atoms with E-state index < -0.39 is 41.4 Å². The van der Waals surface area contributed by atoms with Gasteiger partial charge in [0.1, 0.15) is 23.7 Å². The highest BCUT2D eigenvalue weighted by molar-refractivity contribution is 6.41. The van der Waals surface area contributed by atoms with Gasteiger partial charge in [0.2, 0.25) is 5.91 Å². The van der Waals surface area contributed by atoms with Gasteiger partial charge >= 0.3 is 29.9 Å². The number of nitrogens with one attached hydrogen (secondary N) is 2. The number of aromatic nitrogens is 5. The number of urea groups is 1. The van der Waals surface area contributed by atoms with Crippen molar-refractivity contribution >= 4 is 75.4 Å². The summed E-state index contributed by atoms with van der Waals surface area (Å²) >= 11 is 6.34. The fourth-order valence-electron chi connectivity index (χ4n) is 7.57. The third kappa shape index (κ3) is 9.53. The standard InChI is InChI=1S/C42H45ClN10O9/c1-42(2,3)62-41(60)53-31-12-10-30(20-27(31)21-35(53)39(57)58)45-36(54)34(19-25-5-8-29(9-6-25)46-40(59)49-15-13-26(14-16-49)23-61-4)51-18-17-50(37(55)38(51)56)33-22-28(43)7-11-32(33)52-24-44-47-48-52/h5-12,20-22,24,26,34H,13-19,23H2,1-4H3,(H,45,54)(H,46,59)(H,57,58). The van der Waals surface area contributed by atoms with E-state index >= 15 is 0 Å². The zero-order chi connectivity index (χ0) is 44.3. The molecule has 5 aromatic rings. The number of fused-ring (bicyclic) bond motifs is 1. The number of carbonyl (C=O) groups excluding carboxylic acids is 5. The highest BCUT2D eigenvalue weighted by Crippen LogP contribution is 2.31. The van der Waals surface area contributed by atoms with Gasteiger partial charge in [-0.15, -0.1) is 5.10 Å². The number of carboxylic acids is 1. The molecule has 0 bridgehead atoms. The average Bonchev–Trinajstić information content (AvgIpc) is 3.91. The molecule has 1 unspecified atom stereocenters. The highest BCUT2D eigenvalue weighted by atomic mass is 35.5. The fraction of sp³-hybridized carbons (Fsp3) is 0.357. The Kier molecular flexibility index (Phi) is 12.6. The van der Waals surface area contributed by atoms with Gasteiger partial charge < -0.3 is 39.9 Å². The minimum absolute atomic E-state index is 0.0143. The second kappa shape index (κ2) is 18.0. The van der Waals surface area contributed by atoms with Crippen molar-refractivity contribution in [1.29, 1.82) is 0 Å². The lowest BCUT2D eigenvalue weighted by atomic mass is 9.98. The molecule has 7 rings (SSSR count). The molecule has 5 amide bonds. The number of halogens is 1. The van der Waals surface area contributed by atoms with Crippen molar-refractivity contribution in [2.75, 3.05) is 55.4 Å². The molecule has 2 aliphatic rings. The number of ether oxygens (including phenoxy) is 2. The van der Waals surface area contributed by atoms with E-state index in [2.05, 4.69) is 26.2 Å². The van der Waals surface area contributed by atoms with E-state index in [4.69, 9.17) is 21.1 Å². The summed E-state index contributed by atoms with van der Waals surface area (Å²) in [6, 6.07) is 15.9. The molecule has 0 spiro atoms. The Balaban J connectivity index is 1.14. The number of likely N-dealkylation sites (tertiary alicyclic amines) is 1.